The van der Waals surface area contributed by atoms with Crippen molar-refractivity contribution in [3.63, 3.8) is 0 Å². The van der Waals surface area contributed by atoms with Crippen molar-refractivity contribution < 1.29 is 9.53 Å². The minimum absolute atomic E-state index is 0.0631. The van der Waals surface area contributed by atoms with Gasteiger partial charge in [-0.1, -0.05) is 19.1 Å². The molecule has 4 nitrogen and oxygen atoms in total. The number of carbonyl (C=O) groups is 1. The Hall–Kier alpha value is -2.49. The smallest absolute Gasteiger partial charge is 0.224 e. The van der Waals surface area contributed by atoms with Crippen molar-refractivity contribution in [1.29, 1.82) is 0 Å². The Kier molecular flexibility index (Phi) is 6.74. The van der Waals surface area contributed by atoms with Gasteiger partial charge in [0.2, 0.25) is 5.91 Å². The Labute approximate surface area is 162 Å². The first-order valence-corrected chi connectivity index (χ1v) is 9.94. The minimum atomic E-state index is 0.0631. The van der Waals surface area contributed by atoms with Crippen LogP contribution in [0.1, 0.15) is 38.2 Å². The van der Waals surface area contributed by atoms with Crippen molar-refractivity contribution in [3.05, 3.63) is 54.1 Å². The number of rotatable bonds is 8. The fraction of sp³-hybridized carbons (Fsp3) is 0.435. The second-order valence-corrected chi connectivity index (χ2v) is 7.56. The van der Waals surface area contributed by atoms with Crippen LogP contribution < -0.4 is 15.0 Å². The molecule has 1 N–H and O–H groups in total. The minimum Gasteiger partial charge on any atom is -0.494 e. The molecule has 0 aromatic heterocycles. The molecule has 0 radical (unpaired) electrons. The second-order valence-electron chi connectivity index (χ2n) is 7.56. The maximum absolute atomic E-state index is 12.1. The molecular weight excluding hydrogens is 336 g/mol. The summed E-state index contributed by atoms with van der Waals surface area (Å²) in [6.07, 6.45) is 3.46. The third kappa shape index (κ3) is 6.02. The van der Waals surface area contributed by atoms with E-state index >= 15 is 0 Å². The van der Waals surface area contributed by atoms with Gasteiger partial charge in [0.25, 0.3) is 0 Å². The van der Waals surface area contributed by atoms with E-state index in [2.05, 4.69) is 42.3 Å². The molecule has 1 aliphatic heterocycles. The Morgan fingerprint density at radius 1 is 1.19 bits per heavy atom. The highest BCUT2D eigenvalue weighted by molar-refractivity contribution is 5.90. The van der Waals surface area contributed by atoms with Gasteiger partial charge >= 0.3 is 0 Å². The van der Waals surface area contributed by atoms with E-state index in [9.17, 15) is 4.79 Å². The van der Waals surface area contributed by atoms with Crippen molar-refractivity contribution >= 4 is 17.3 Å². The third-order valence-electron chi connectivity index (χ3n) is 5.00. The highest BCUT2D eigenvalue weighted by Gasteiger charge is 2.18. The first-order valence-electron chi connectivity index (χ1n) is 9.94. The Bertz CT molecular complexity index is 742. The van der Waals surface area contributed by atoms with Gasteiger partial charge < -0.3 is 15.0 Å². The van der Waals surface area contributed by atoms with Crippen LogP contribution in [0.2, 0.25) is 0 Å². The second kappa shape index (κ2) is 9.45. The Morgan fingerprint density at radius 2 is 2.00 bits per heavy atom. The van der Waals surface area contributed by atoms with Gasteiger partial charge in [-0.25, -0.2) is 0 Å². The van der Waals surface area contributed by atoms with E-state index in [0.29, 0.717) is 13.0 Å². The number of ether oxygens (including phenoxy) is 1. The van der Waals surface area contributed by atoms with E-state index in [1.807, 2.05) is 30.3 Å². The van der Waals surface area contributed by atoms with Crippen LogP contribution in [0.5, 0.6) is 5.75 Å². The maximum atomic E-state index is 12.1. The molecule has 0 aliphatic carbocycles. The number of hydrogen-bond donors (Lipinski definition) is 1. The quantitative estimate of drug-likeness (QED) is 0.666. The number of carbonyl (C=O) groups excluding carboxylic acids is 1. The van der Waals surface area contributed by atoms with Crippen molar-refractivity contribution in [1.82, 2.24) is 0 Å². The zero-order valence-electron chi connectivity index (χ0n) is 16.4. The zero-order chi connectivity index (χ0) is 19.1. The van der Waals surface area contributed by atoms with Gasteiger partial charge in [-0.2, -0.15) is 0 Å². The lowest BCUT2D eigenvalue weighted by molar-refractivity contribution is -0.116. The number of aryl methyl sites for hydroxylation is 1. The number of amides is 1. The van der Waals surface area contributed by atoms with Gasteiger partial charge in [0.1, 0.15) is 5.75 Å². The summed E-state index contributed by atoms with van der Waals surface area (Å²) in [5.41, 5.74) is 3.30. The number of unbranched alkanes of at least 4 members (excludes halogenated alkanes) is 1. The molecule has 27 heavy (non-hydrogen) atoms. The lowest BCUT2D eigenvalue weighted by atomic mass is 10.2. The molecule has 0 spiro atoms. The molecule has 2 aromatic rings. The molecule has 1 saturated heterocycles. The van der Waals surface area contributed by atoms with Gasteiger partial charge in [-0.05, 0) is 74.1 Å². The van der Waals surface area contributed by atoms with Crippen molar-refractivity contribution in [2.75, 3.05) is 29.9 Å². The lowest BCUT2D eigenvalue weighted by Crippen LogP contribution is -2.19. The SMILES string of the molecule is Cc1cccc(OCCCCC(=O)Nc2ccc(N3CCC(C)C3)cc2)c1. The van der Waals surface area contributed by atoms with Gasteiger partial charge in [0.05, 0.1) is 6.61 Å². The fourth-order valence-electron chi connectivity index (χ4n) is 3.43. The summed E-state index contributed by atoms with van der Waals surface area (Å²) < 4.78 is 5.72. The predicted octanol–water partition coefficient (Wildman–Crippen LogP) is 5.03. The first-order chi connectivity index (χ1) is 13.1. The molecule has 0 bridgehead atoms. The van der Waals surface area contributed by atoms with Crippen molar-refractivity contribution in [2.45, 2.75) is 39.5 Å². The standard InChI is InChI=1S/C23H30N2O2/c1-18-6-5-7-22(16-18)27-15-4-3-8-23(26)24-20-9-11-21(12-10-20)25-14-13-19(2)17-25/h5-7,9-12,16,19H,3-4,8,13-15,17H2,1-2H3,(H,24,26). The molecule has 3 rings (SSSR count). The monoisotopic (exact) mass is 366 g/mol. The Morgan fingerprint density at radius 3 is 2.70 bits per heavy atom. The van der Waals surface area contributed by atoms with Crippen LogP contribution in [-0.2, 0) is 4.79 Å². The highest BCUT2D eigenvalue weighted by Crippen LogP contribution is 2.24. The van der Waals surface area contributed by atoms with Gasteiger partial charge in [0.15, 0.2) is 0 Å². The van der Waals surface area contributed by atoms with E-state index < -0.39 is 0 Å². The number of anilines is 2. The molecule has 144 valence electrons. The molecule has 1 fully saturated rings. The largest absolute Gasteiger partial charge is 0.494 e. The summed E-state index contributed by atoms with van der Waals surface area (Å²) in [6, 6.07) is 16.2. The number of hydrogen-bond acceptors (Lipinski definition) is 3. The van der Waals surface area contributed by atoms with Crippen LogP contribution >= 0.6 is 0 Å². The van der Waals surface area contributed by atoms with Crippen LogP contribution in [0, 0.1) is 12.8 Å². The van der Waals surface area contributed by atoms with Crippen molar-refractivity contribution in [2.24, 2.45) is 5.92 Å². The Balaban J connectivity index is 1.34. The average molecular weight is 367 g/mol. The highest BCUT2D eigenvalue weighted by atomic mass is 16.5. The van der Waals surface area contributed by atoms with Gasteiger partial charge in [-0.3, -0.25) is 4.79 Å². The third-order valence-corrected chi connectivity index (χ3v) is 5.00. The van der Waals surface area contributed by atoms with E-state index in [0.717, 1.165) is 43.3 Å². The molecule has 1 unspecified atom stereocenters. The summed E-state index contributed by atoms with van der Waals surface area (Å²) in [4.78, 5) is 14.5. The summed E-state index contributed by atoms with van der Waals surface area (Å²) in [7, 11) is 0. The molecule has 1 atom stereocenters. The summed E-state index contributed by atoms with van der Waals surface area (Å²) in [6.45, 7) is 7.23. The van der Waals surface area contributed by atoms with E-state index in [1.165, 1.54) is 17.7 Å². The van der Waals surface area contributed by atoms with Crippen molar-refractivity contribution in [3.8, 4) is 5.75 Å². The number of nitrogens with zero attached hydrogens (tertiary/aromatic N) is 1. The molecule has 2 aromatic carbocycles. The molecule has 1 amide bonds. The van der Waals surface area contributed by atoms with Crippen LogP contribution in [0.15, 0.2) is 48.5 Å². The van der Waals surface area contributed by atoms with Crippen LogP contribution in [0.3, 0.4) is 0 Å². The predicted molar refractivity (Wildman–Crippen MR) is 112 cm³/mol. The van der Waals surface area contributed by atoms with E-state index in [-0.39, 0.29) is 5.91 Å². The van der Waals surface area contributed by atoms with Crippen LogP contribution in [0.25, 0.3) is 0 Å². The molecule has 1 aliphatic rings. The fourth-order valence-corrected chi connectivity index (χ4v) is 3.43. The lowest BCUT2D eigenvalue weighted by Gasteiger charge is -2.18. The average Bonchev–Trinajstić information content (AvgIpc) is 3.08. The summed E-state index contributed by atoms with van der Waals surface area (Å²) >= 11 is 0. The van der Waals surface area contributed by atoms with Gasteiger partial charge in [0, 0.05) is 30.9 Å². The van der Waals surface area contributed by atoms with Crippen LogP contribution in [0.4, 0.5) is 11.4 Å². The molecular formula is C23H30N2O2. The zero-order valence-corrected chi connectivity index (χ0v) is 16.4. The molecule has 4 heteroatoms. The topological polar surface area (TPSA) is 41.6 Å². The molecule has 0 saturated carbocycles. The van der Waals surface area contributed by atoms with Gasteiger partial charge in [-0.15, -0.1) is 0 Å². The normalized spacial score (nSPS) is 16.4. The first kappa shape index (κ1) is 19.3. The van der Waals surface area contributed by atoms with E-state index in [1.54, 1.807) is 0 Å². The summed E-state index contributed by atoms with van der Waals surface area (Å²) in [5, 5.41) is 2.99. The van der Waals surface area contributed by atoms with Crippen LogP contribution in [-0.4, -0.2) is 25.6 Å². The van der Waals surface area contributed by atoms with E-state index in [4.69, 9.17) is 4.74 Å². The summed E-state index contributed by atoms with van der Waals surface area (Å²) in [5.74, 6) is 1.72. The number of nitrogens with one attached hydrogen (secondary N) is 1. The molecule has 1 heterocycles. The number of benzene rings is 2. The maximum Gasteiger partial charge on any atom is 0.224 e.